The third-order valence-corrected chi connectivity index (χ3v) is 2.72. The summed E-state index contributed by atoms with van der Waals surface area (Å²) < 4.78 is 11.0. The second-order valence-corrected chi connectivity index (χ2v) is 4.29. The largest absolute Gasteiger partial charge is 0.464 e. The number of rotatable bonds is 5. The Hall–Kier alpha value is -1.25. The van der Waals surface area contributed by atoms with Gasteiger partial charge in [0.2, 0.25) is 0 Å². The average molecular weight is 300 g/mol. The van der Waals surface area contributed by atoms with Crippen LogP contribution in [0.3, 0.4) is 0 Å². The Balaban J connectivity index is 3.01. The SMILES string of the molecule is C#CCNC(C)(C(=O)OCC)c1ccc(Br)o1. The lowest BCUT2D eigenvalue weighted by Crippen LogP contribution is -2.47. The zero-order valence-corrected chi connectivity index (χ0v) is 11.3. The molecule has 92 valence electrons. The number of terminal acetylenes is 1. The molecular formula is C12H14BrNO3. The summed E-state index contributed by atoms with van der Waals surface area (Å²) in [6, 6.07) is 3.41. The molecule has 0 saturated carbocycles. The van der Waals surface area contributed by atoms with E-state index in [9.17, 15) is 4.79 Å². The van der Waals surface area contributed by atoms with E-state index in [1.54, 1.807) is 26.0 Å². The van der Waals surface area contributed by atoms with Crippen LogP contribution in [0, 0.1) is 12.3 Å². The second-order valence-electron chi connectivity index (χ2n) is 3.51. The van der Waals surface area contributed by atoms with Gasteiger partial charge in [-0.2, -0.15) is 0 Å². The van der Waals surface area contributed by atoms with Crippen LogP contribution in [-0.2, 0) is 15.1 Å². The van der Waals surface area contributed by atoms with Crippen molar-refractivity contribution in [1.82, 2.24) is 5.32 Å². The van der Waals surface area contributed by atoms with Crippen LogP contribution >= 0.6 is 15.9 Å². The van der Waals surface area contributed by atoms with Gasteiger partial charge in [-0.1, -0.05) is 5.92 Å². The molecule has 5 heteroatoms. The number of furan rings is 1. The normalized spacial score (nSPS) is 13.8. The first-order valence-corrected chi connectivity index (χ1v) is 5.95. The summed E-state index contributed by atoms with van der Waals surface area (Å²) in [6.07, 6.45) is 5.19. The van der Waals surface area contributed by atoms with Gasteiger partial charge in [-0.15, -0.1) is 6.42 Å². The number of esters is 1. The first-order valence-electron chi connectivity index (χ1n) is 5.16. The van der Waals surface area contributed by atoms with E-state index >= 15 is 0 Å². The van der Waals surface area contributed by atoms with Crippen molar-refractivity contribution in [2.45, 2.75) is 19.4 Å². The number of carbonyl (C=O) groups is 1. The molecular weight excluding hydrogens is 286 g/mol. The maximum atomic E-state index is 12.0. The van der Waals surface area contributed by atoms with E-state index in [1.807, 2.05) is 0 Å². The van der Waals surface area contributed by atoms with Crippen LogP contribution in [0.2, 0.25) is 0 Å². The van der Waals surface area contributed by atoms with E-state index < -0.39 is 11.5 Å². The van der Waals surface area contributed by atoms with Crippen LogP contribution in [0.5, 0.6) is 0 Å². The molecule has 0 aliphatic carbocycles. The molecule has 4 nitrogen and oxygen atoms in total. The Morgan fingerprint density at radius 2 is 2.41 bits per heavy atom. The quantitative estimate of drug-likeness (QED) is 0.668. The van der Waals surface area contributed by atoms with Crippen molar-refractivity contribution >= 4 is 21.9 Å². The third kappa shape index (κ3) is 3.11. The predicted octanol–water partition coefficient (Wildman–Crippen LogP) is 2.04. The topological polar surface area (TPSA) is 51.5 Å². The fraction of sp³-hybridized carbons (Fsp3) is 0.417. The first-order chi connectivity index (χ1) is 8.04. The van der Waals surface area contributed by atoms with Gasteiger partial charge in [-0.05, 0) is 41.9 Å². The molecule has 1 rings (SSSR count). The fourth-order valence-electron chi connectivity index (χ4n) is 1.35. The summed E-state index contributed by atoms with van der Waals surface area (Å²) in [6.45, 7) is 3.97. The molecule has 0 amide bonds. The van der Waals surface area contributed by atoms with Crippen molar-refractivity contribution in [2.75, 3.05) is 13.2 Å². The number of ether oxygens (including phenoxy) is 1. The molecule has 1 N–H and O–H groups in total. The fourth-order valence-corrected chi connectivity index (χ4v) is 1.65. The number of hydrogen-bond acceptors (Lipinski definition) is 4. The zero-order valence-electron chi connectivity index (χ0n) is 9.75. The van der Waals surface area contributed by atoms with Crippen LogP contribution in [0.4, 0.5) is 0 Å². The summed E-state index contributed by atoms with van der Waals surface area (Å²) in [7, 11) is 0. The lowest BCUT2D eigenvalue weighted by atomic mass is 9.99. The standard InChI is InChI=1S/C12H14BrNO3/c1-4-8-14-12(3,11(15)16-5-2)9-6-7-10(13)17-9/h1,6-7,14H,5,8H2,2-3H3. The maximum Gasteiger partial charge on any atom is 0.334 e. The van der Waals surface area contributed by atoms with E-state index in [0.717, 1.165) is 0 Å². The van der Waals surface area contributed by atoms with Crippen LogP contribution in [0.25, 0.3) is 0 Å². The molecule has 0 radical (unpaired) electrons. The minimum absolute atomic E-state index is 0.244. The molecule has 0 fully saturated rings. The molecule has 1 atom stereocenters. The molecule has 1 heterocycles. The van der Waals surface area contributed by atoms with Gasteiger partial charge >= 0.3 is 5.97 Å². The maximum absolute atomic E-state index is 12.0. The number of carbonyl (C=O) groups excluding carboxylic acids is 1. The summed E-state index contributed by atoms with van der Waals surface area (Å²) >= 11 is 3.19. The van der Waals surface area contributed by atoms with Crippen LogP contribution in [-0.4, -0.2) is 19.1 Å². The van der Waals surface area contributed by atoms with E-state index in [2.05, 4.69) is 27.2 Å². The number of nitrogens with one attached hydrogen (secondary N) is 1. The van der Waals surface area contributed by atoms with Gasteiger partial charge in [0.05, 0.1) is 13.2 Å². The highest BCUT2D eigenvalue weighted by Crippen LogP contribution is 2.26. The van der Waals surface area contributed by atoms with Crippen LogP contribution < -0.4 is 5.32 Å². The molecule has 0 bridgehead atoms. The smallest absolute Gasteiger partial charge is 0.334 e. The van der Waals surface area contributed by atoms with Crippen molar-refractivity contribution in [1.29, 1.82) is 0 Å². The Bertz CT molecular complexity index is 435. The summed E-state index contributed by atoms with van der Waals surface area (Å²) in [5.74, 6) is 2.46. The molecule has 0 spiro atoms. The van der Waals surface area contributed by atoms with E-state index in [0.29, 0.717) is 17.0 Å². The van der Waals surface area contributed by atoms with Gasteiger partial charge in [0.1, 0.15) is 5.76 Å². The molecule has 17 heavy (non-hydrogen) atoms. The Morgan fingerprint density at radius 3 is 2.88 bits per heavy atom. The van der Waals surface area contributed by atoms with Gasteiger partial charge in [0.15, 0.2) is 10.2 Å². The number of halogens is 1. The van der Waals surface area contributed by atoms with Gasteiger partial charge in [0, 0.05) is 0 Å². The molecule has 1 aromatic rings. The minimum atomic E-state index is -1.08. The second kappa shape index (κ2) is 5.89. The van der Waals surface area contributed by atoms with E-state index in [1.165, 1.54) is 0 Å². The average Bonchev–Trinajstić information content (AvgIpc) is 2.73. The number of hydrogen-bond donors (Lipinski definition) is 1. The third-order valence-electron chi connectivity index (χ3n) is 2.29. The molecule has 0 aliphatic heterocycles. The monoisotopic (exact) mass is 299 g/mol. The van der Waals surface area contributed by atoms with Gasteiger partial charge in [-0.3, -0.25) is 5.32 Å². The highest BCUT2D eigenvalue weighted by atomic mass is 79.9. The molecule has 0 saturated heterocycles. The van der Waals surface area contributed by atoms with Crippen molar-refractivity contribution < 1.29 is 13.9 Å². The van der Waals surface area contributed by atoms with Crippen molar-refractivity contribution in [3.8, 4) is 12.3 Å². The molecule has 0 aromatic carbocycles. The minimum Gasteiger partial charge on any atom is -0.464 e. The van der Waals surface area contributed by atoms with E-state index in [4.69, 9.17) is 15.6 Å². The van der Waals surface area contributed by atoms with Crippen LogP contribution in [0.15, 0.2) is 21.2 Å². The Kier molecular flexibility index (Phi) is 4.79. The van der Waals surface area contributed by atoms with Crippen LogP contribution in [0.1, 0.15) is 19.6 Å². The summed E-state index contributed by atoms with van der Waals surface area (Å²) in [5.41, 5.74) is -1.08. The van der Waals surface area contributed by atoms with Gasteiger partial charge in [0.25, 0.3) is 0 Å². The lowest BCUT2D eigenvalue weighted by molar-refractivity contribution is -0.151. The predicted molar refractivity (Wildman–Crippen MR) is 67.2 cm³/mol. The highest BCUT2D eigenvalue weighted by Gasteiger charge is 2.39. The summed E-state index contributed by atoms with van der Waals surface area (Å²) in [5, 5.41) is 2.93. The van der Waals surface area contributed by atoms with Gasteiger partial charge in [-0.25, -0.2) is 4.79 Å². The first kappa shape index (κ1) is 13.8. The Labute approximate surface area is 109 Å². The van der Waals surface area contributed by atoms with Gasteiger partial charge < -0.3 is 9.15 Å². The molecule has 1 unspecified atom stereocenters. The molecule has 0 aliphatic rings. The molecule has 1 aromatic heterocycles. The summed E-state index contributed by atoms with van der Waals surface area (Å²) in [4.78, 5) is 12.0. The van der Waals surface area contributed by atoms with Crippen molar-refractivity contribution in [3.63, 3.8) is 0 Å². The van der Waals surface area contributed by atoms with Crippen molar-refractivity contribution in [2.24, 2.45) is 0 Å². The van der Waals surface area contributed by atoms with Crippen molar-refractivity contribution in [3.05, 3.63) is 22.6 Å². The highest BCUT2D eigenvalue weighted by molar-refractivity contribution is 9.10. The lowest BCUT2D eigenvalue weighted by Gasteiger charge is -2.25. The Morgan fingerprint density at radius 1 is 1.71 bits per heavy atom. The van der Waals surface area contributed by atoms with E-state index in [-0.39, 0.29) is 6.54 Å². The zero-order chi connectivity index (χ0) is 12.9.